The highest BCUT2D eigenvalue weighted by atomic mass is 16.5. The average Bonchev–Trinajstić information content (AvgIpc) is 2.67. The Kier molecular flexibility index (Phi) is 5.47. The molecule has 1 aliphatic rings. The Balaban J connectivity index is 1.89. The average molecular weight is 360 g/mol. The molecule has 0 aliphatic carbocycles. The van der Waals surface area contributed by atoms with Gasteiger partial charge in [-0.15, -0.1) is 0 Å². The molecule has 0 aromatic carbocycles. The van der Waals surface area contributed by atoms with Gasteiger partial charge in [-0.2, -0.15) is 0 Å². The zero-order chi connectivity index (χ0) is 18.5. The van der Waals surface area contributed by atoms with Gasteiger partial charge < -0.3 is 19.7 Å². The fraction of sp³-hybridized carbons (Fsp3) is 0.412. The summed E-state index contributed by atoms with van der Waals surface area (Å²) >= 11 is 0. The van der Waals surface area contributed by atoms with E-state index in [4.69, 9.17) is 9.47 Å². The first-order valence-corrected chi connectivity index (χ1v) is 8.38. The summed E-state index contributed by atoms with van der Waals surface area (Å²) in [6, 6.07) is 3.27. The third-order valence-electron chi connectivity index (χ3n) is 3.99. The zero-order valence-corrected chi connectivity index (χ0v) is 14.4. The van der Waals surface area contributed by atoms with Gasteiger partial charge in [-0.25, -0.2) is 4.98 Å². The van der Waals surface area contributed by atoms with Crippen molar-refractivity contribution < 1.29 is 19.1 Å². The minimum absolute atomic E-state index is 0.136. The Morgan fingerprint density at radius 3 is 2.85 bits per heavy atom. The SMILES string of the molecule is CCOC(=O)CNc1cnc2c(C(=O)N3CCOCC3)cccn2c1=O. The molecule has 2 aromatic heterocycles. The van der Waals surface area contributed by atoms with Gasteiger partial charge in [0.2, 0.25) is 0 Å². The molecule has 0 radical (unpaired) electrons. The second-order valence-corrected chi connectivity index (χ2v) is 5.66. The van der Waals surface area contributed by atoms with E-state index in [0.29, 0.717) is 31.9 Å². The van der Waals surface area contributed by atoms with Gasteiger partial charge in [0.25, 0.3) is 11.5 Å². The smallest absolute Gasteiger partial charge is 0.325 e. The highest BCUT2D eigenvalue weighted by Gasteiger charge is 2.21. The molecule has 1 saturated heterocycles. The monoisotopic (exact) mass is 360 g/mol. The van der Waals surface area contributed by atoms with E-state index >= 15 is 0 Å². The molecule has 138 valence electrons. The normalized spacial score (nSPS) is 14.3. The molecule has 0 bridgehead atoms. The number of anilines is 1. The van der Waals surface area contributed by atoms with Crippen molar-refractivity contribution in [3.05, 3.63) is 40.4 Å². The number of morpholine rings is 1. The summed E-state index contributed by atoms with van der Waals surface area (Å²) in [6.07, 6.45) is 2.86. The molecular formula is C17H20N4O5. The van der Waals surface area contributed by atoms with Crippen molar-refractivity contribution in [1.82, 2.24) is 14.3 Å². The summed E-state index contributed by atoms with van der Waals surface area (Å²) in [5, 5.41) is 2.72. The van der Waals surface area contributed by atoms with Gasteiger partial charge in [-0.3, -0.25) is 18.8 Å². The summed E-state index contributed by atoms with van der Waals surface area (Å²) in [4.78, 5) is 42.7. The van der Waals surface area contributed by atoms with Gasteiger partial charge in [0, 0.05) is 19.3 Å². The second kappa shape index (κ2) is 7.96. The lowest BCUT2D eigenvalue weighted by molar-refractivity contribution is -0.140. The van der Waals surface area contributed by atoms with Crippen LogP contribution in [0.3, 0.4) is 0 Å². The van der Waals surface area contributed by atoms with Crippen molar-refractivity contribution in [2.24, 2.45) is 0 Å². The summed E-state index contributed by atoms with van der Waals surface area (Å²) in [5.41, 5.74) is 0.390. The topological polar surface area (TPSA) is 102 Å². The summed E-state index contributed by atoms with van der Waals surface area (Å²) in [6.45, 7) is 3.83. The first kappa shape index (κ1) is 17.9. The molecule has 1 fully saturated rings. The molecule has 1 aliphatic heterocycles. The fourth-order valence-electron chi connectivity index (χ4n) is 2.71. The third kappa shape index (κ3) is 3.67. The minimum Gasteiger partial charge on any atom is -0.465 e. The molecule has 1 N–H and O–H groups in total. The number of hydrogen-bond acceptors (Lipinski definition) is 7. The highest BCUT2D eigenvalue weighted by molar-refractivity contribution is 5.99. The number of rotatable bonds is 5. The number of nitrogens with zero attached hydrogens (tertiary/aromatic N) is 3. The van der Waals surface area contributed by atoms with Gasteiger partial charge in [0.15, 0.2) is 5.65 Å². The van der Waals surface area contributed by atoms with Crippen molar-refractivity contribution in [2.75, 3.05) is 44.8 Å². The van der Waals surface area contributed by atoms with Crippen molar-refractivity contribution >= 4 is 23.2 Å². The van der Waals surface area contributed by atoms with Crippen LogP contribution in [0.25, 0.3) is 5.65 Å². The third-order valence-corrected chi connectivity index (χ3v) is 3.99. The number of aromatic nitrogens is 2. The Morgan fingerprint density at radius 2 is 2.12 bits per heavy atom. The molecule has 0 atom stereocenters. The number of carbonyl (C=O) groups excluding carboxylic acids is 2. The number of ether oxygens (including phenoxy) is 2. The van der Waals surface area contributed by atoms with E-state index in [9.17, 15) is 14.4 Å². The van der Waals surface area contributed by atoms with E-state index < -0.39 is 11.5 Å². The summed E-state index contributed by atoms with van der Waals surface area (Å²) in [5.74, 6) is -0.654. The number of pyridine rings is 1. The van der Waals surface area contributed by atoms with E-state index in [1.807, 2.05) is 0 Å². The highest BCUT2D eigenvalue weighted by Crippen LogP contribution is 2.13. The van der Waals surface area contributed by atoms with Crippen LogP contribution in [0.5, 0.6) is 0 Å². The summed E-state index contributed by atoms with van der Waals surface area (Å²) in [7, 11) is 0. The van der Waals surface area contributed by atoms with Crippen LogP contribution < -0.4 is 10.9 Å². The predicted molar refractivity (Wildman–Crippen MR) is 93.3 cm³/mol. The van der Waals surface area contributed by atoms with Crippen molar-refractivity contribution in [3.63, 3.8) is 0 Å². The van der Waals surface area contributed by atoms with Crippen LogP contribution in [0.2, 0.25) is 0 Å². The Bertz CT molecular complexity index is 873. The molecule has 0 unspecified atom stereocenters. The lowest BCUT2D eigenvalue weighted by atomic mass is 10.2. The van der Waals surface area contributed by atoms with Crippen LogP contribution in [-0.4, -0.2) is 65.6 Å². The summed E-state index contributed by atoms with van der Waals surface area (Å²) < 4.78 is 11.4. The van der Waals surface area contributed by atoms with Gasteiger partial charge in [-0.05, 0) is 19.1 Å². The standard InChI is InChI=1S/C17H20N4O5/c1-2-26-14(22)11-18-13-10-19-15-12(4-3-5-21(15)17(13)24)16(23)20-6-8-25-9-7-20/h3-5,10,18H,2,6-9,11H2,1H3. The number of nitrogens with one attached hydrogen (secondary N) is 1. The van der Waals surface area contributed by atoms with Crippen LogP contribution in [0.4, 0.5) is 5.69 Å². The van der Waals surface area contributed by atoms with Crippen LogP contribution >= 0.6 is 0 Å². The predicted octanol–water partition coefficient (Wildman–Crippen LogP) is 0.142. The van der Waals surface area contributed by atoms with E-state index in [-0.39, 0.29) is 30.4 Å². The van der Waals surface area contributed by atoms with Gasteiger partial charge >= 0.3 is 5.97 Å². The zero-order valence-electron chi connectivity index (χ0n) is 14.4. The van der Waals surface area contributed by atoms with Crippen molar-refractivity contribution in [2.45, 2.75) is 6.92 Å². The van der Waals surface area contributed by atoms with Gasteiger partial charge in [0.1, 0.15) is 12.2 Å². The molecule has 3 heterocycles. The molecule has 9 heteroatoms. The molecule has 0 saturated carbocycles. The van der Waals surface area contributed by atoms with Gasteiger partial charge in [-0.1, -0.05) is 0 Å². The van der Waals surface area contributed by atoms with E-state index in [1.165, 1.54) is 16.8 Å². The van der Waals surface area contributed by atoms with E-state index in [1.54, 1.807) is 24.0 Å². The Labute approximate surface area is 149 Å². The van der Waals surface area contributed by atoms with Crippen molar-refractivity contribution in [1.29, 1.82) is 0 Å². The number of carbonyl (C=O) groups is 2. The Morgan fingerprint density at radius 1 is 1.35 bits per heavy atom. The van der Waals surface area contributed by atoms with Crippen LogP contribution in [0.15, 0.2) is 29.3 Å². The van der Waals surface area contributed by atoms with E-state index in [0.717, 1.165) is 0 Å². The quantitative estimate of drug-likeness (QED) is 0.757. The molecule has 2 aromatic rings. The first-order valence-electron chi connectivity index (χ1n) is 8.38. The lowest BCUT2D eigenvalue weighted by Crippen LogP contribution is -2.41. The number of esters is 1. The molecule has 9 nitrogen and oxygen atoms in total. The fourth-order valence-corrected chi connectivity index (χ4v) is 2.71. The second-order valence-electron chi connectivity index (χ2n) is 5.66. The van der Waals surface area contributed by atoms with Crippen molar-refractivity contribution in [3.8, 4) is 0 Å². The molecule has 1 amide bonds. The number of fused-ring (bicyclic) bond motifs is 1. The molecular weight excluding hydrogens is 340 g/mol. The maximum Gasteiger partial charge on any atom is 0.325 e. The minimum atomic E-state index is -0.465. The van der Waals surface area contributed by atoms with Crippen LogP contribution in [-0.2, 0) is 14.3 Å². The van der Waals surface area contributed by atoms with Crippen LogP contribution in [0, 0.1) is 0 Å². The number of amides is 1. The van der Waals surface area contributed by atoms with E-state index in [2.05, 4.69) is 10.3 Å². The first-order chi connectivity index (χ1) is 12.6. The maximum atomic E-state index is 12.7. The lowest BCUT2D eigenvalue weighted by Gasteiger charge is -2.27. The number of hydrogen-bond donors (Lipinski definition) is 1. The Hall–Kier alpha value is -2.94. The molecule has 3 rings (SSSR count). The molecule has 26 heavy (non-hydrogen) atoms. The molecule has 0 spiro atoms. The van der Waals surface area contributed by atoms with Gasteiger partial charge in [0.05, 0.1) is 31.6 Å². The maximum absolute atomic E-state index is 12.7. The largest absolute Gasteiger partial charge is 0.465 e. The van der Waals surface area contributed by atoms with Crippen LogP contribution in [0.1, 0.15) is 17.3 Å².